The number of hydrogen-bond donors (Lipinski definition) is 0. The molecule has 0 saturated heterocycles. The fourth-order valence-electron chi connectivity index (χ4n) is 0.814. The zero-order valence-electron chi connectivity index (χ0n) is 6.69. The van der Waals surface area contributed by atoms with Crippen LogP contribution in [-0.2, 0) is 4.79 Å². The summed E-state index contributed by atoms with van der Waals surface area (Å²) in [7, 11) is 0. The Morgan fingerprint density at radius 1 is 1.50 bits per heavy atom. The van der Waals surface area contributed by atoms with Crippen molar-refractivity contribution in [1.29, 1.82) is 0 Å². The van der Waals surface area contributed by atoms with Gasteiger partial charge in [-0.2, -0.15) is 0 Å². The summed E-state index contributed by atoms with van der Waals surface area (Å²) >= 11 is 5.27. The van der Waals surface area contributed by atoms with Gasteiger partial charge < -0.3 is 0 Å². The Bertz CT molecular complexity index is 101. The van der Waals surface area contributed by atoms with Gasteiger partial charge >= 0.3 is 0 Å². The van der Waals surface area contributed by atoms with E-state index in [0.29, 0.717) is 0 Å². The van der Waals surface area contributed by atoms with Crippen molar-refractivity contribution in [2.75, 3.05) is 0 Å². The fourth-order valence-corrected chi connectivity index (χ4v) is 0.923. The first-order valence-electron chi connectivity index (χ1n) is 3.87. The van der Waals surface area contributed by atoms with Crippen molar-refractivity contribution in [2.45, 2.75) is 39.5 Å². The van der Waals surface area contributed by atoms with Crippen molar-refractivity contribution in [1.82, 2.24) is 0 Å². The van der Waals surface area contributed by atoms with Crippen LogP contribution in [0.5, 0.6) is 0 Å². The smallest absolute Gasteiger partial charge is 0.224 e. The van der Waals surface area contributed by atoms with E-state index in [1.807, 2.05) is 6.92 Å². The van der Waals surface area contributed by atoms with Crippen LogP contribution in [0.4, 0.5) is 0 Å². The first-order valence-corrected chi connectivity index (χ1v) is 4.25. The largest absolute Gasteiger partial charge is 0.281 e. The topological polar surface area (TPSA) is 17.1 Å². The zero-order valence-corrected chi connectivity index (χ0v) is 7.45. The van der Waals surface area contributed by atoms with E-state index in [1.54, 1.807) is 0 Å². The van der Waals surface area contributed by atoms with Gasteiger partial charge in [0.15, 0.2) is 0 Å². The third-order valence-corrected chi connectivity index (χ3v) is 2.00. The van der Waals surface area contributed by atoms with E-state index in [2.05, 4.69) is 6.92 Å². The molecule has 0 aromatic heterocycles. The molecule has 1 nitrogen and oxygen atoms in total. The number of rotatable bonds is 5. The molecular weight excluding hydrogens is 148 g/mol. The second-order valence-corrected chi connectivity index (χ2v) is 3.07. The normalized spacial score (nSPS) is 13.1. The lowest BCUT2D eigenvalue weighted by atomic mass is 10.1. The SMILES string of the molecule is CCCCC[C@@H](C)C(=O)Cl. The maximum Gasteiger partial charge on any atom is 0.224 e. The Balaban J connectivity index is 3.21. The van der Waals surface area contributed by atoms with Gasteiger partial charge in [0.1, 0.15) is 0 Å². The molecule has 0 aromatic carbocycles. The molecule has 1 atom stereocenters. The monoisotopic (exact) mass is 162 g/mol. The minimum Gasteiger partial charge on any atom is -0.281 e. The zero-order chi connectivity index (χ0) is 7.98. The van der Waals surface area contributed by atoms with Crippen molar-refractivity contribution in [3.8, 4) is 0 Å². The molecule has 0 rings (SSSR count). The van der Waals surface area contributed by atoms with Crippen LogP contribution in [0.1, 0.15) is 39.5 Å². The van der Waals surface area contributed by atoms with Crippen molar-refractivity contribution in [2.24, 2.45) is 5.92 Å². The Hall–Kier alpha value is -0.0400. The summed E-state index contributed by atoms with van der Waals surface area (Å²) in [6, 6.07) is 0. The lowest BCUT2D eigenvalue weighted by Crippen LogP contribution is -2.02. The highest BCUT2D eigenvalue weighted by atomic mass is 35.5. The number of unbranched alkanes of at least 4 members (excludes halogenated alkanes) is 2. The molecule has 0 heterocycles. The first kappa shape index (κ1) is 9.96. The lowest BCUT2D eigenvalue weighted by molar-refractivity contribution is -0.114. The quantitative estimate of drug-likeness (QED) is 0.449. The van der Waals surface area contributed by atoms with Crippen LogP contribution < -0.4 is 0 Å². The average molecular weight is 163 g/mol. The summed E-state index contributed by atoms with van der Waals surface area (Å²) in [5.74, 6) is 0.0493. The fraction of sp³-hybridized carbons (Fsp3) is 0.875. The molecule has 0 aromatic rings. The maximum atomic E-state index is 10.5. The highest BCUT2D eigenvalue weighted by Crippen LogP contribution is 2.11. The third kappa shape index (κ3) is 4.80. The van der Waals surface area contributed by atoms with Crippen molar-refractivity contribution in [3.63, 3.8) is 0 Å². The van der Waals surface area contributed by atoms with E-state index < -0.39 is 0 Å². The van der Waals surface area contributed by atoms with Crippen molar-refractivity contribution < 1.29 is 4.79 Å². The molecule has 0 unspecified atom stereocenters. The van der Waals surface area contributed by atoms with Gasteiger partial charge in [0.2, 0.25) is 5.24 Å². The lowest BCUT2D eigenvalue weighted by Gasteiger charge is -2.03. The highest BCUT2D eigenvalue weighted by Gasteiger charge is 2.07. The number of carbonyl (C=O) groups excluding carboxylic acids is 1. The number of hydrogen-bond acceptors (Lipinski definition) is 1. The molecule has 0 aliphatic rings. The first-order chi connectivity index (χ1) is 4.68. The summed E-state index contributed by atoms with van der Waals surface area (Å²) in [5, 5.41) is -0.198. The molecule has 0 saturated carbocycles. The summed E-state index contributed by atoms with van der Waals surface area (Å²) < 4.78 is 0. The molecule has 10 heavy (non-hydrogen) atoms. The molecule has 0 aliphatic carbocycles. The van der Waals surface area contributed by atoms with E-state index in [-0.39, 0.29) is 11.2 Å². The molecule has 0 bridgehead atoms. The van der Waals surface area contributed by atoms with Crippen LogP contribution >= 0.6 is 11.6 Å². The molecule has 0 fully saturated rings. The number of carbonyl (C=O) groups is 1. The molecule has 60 valence electrons. The second kappa shape index (κ2) is 5.72. The van der Waals surface area contributed by atoms with E-state index in [0.717, 1.165) is 12.8 Å². The molecule has 0 amide bonds. The minimum absolute atomic E-state index is 0.0493. The third-order valence-electron chi connectivity index (χ3n) is 1.63. The van der Waals surface area contributed by atoms with Gasteiger partial charge in [-0.15, -0.1) is 0 Å². The Morgan fingerprint density at radius 2 is 2.10 bits per heavy atom. The highest BCUT2D eigenvalue weighted by molar-refractivity contribution is 6.63. The van der Waals surface area contributed by atoms with Gasteiger partial charge in [0.05, 0.1) is 0 Å². The van der Waals surface area contributed by atoms with E-state index >= 15 is 0 Å². The van der Waals surface area contributed by atoms with Crippen LogP contribution in [-0.4, -0.2) is 5.24 Å². The van der Waals surface area contributed by atoms with Gasteiger partial charge in [-0.05, 0) is 18.0 Å². The van der Waals surface area contributed by atoms with E-state index in [9.17, 15) is 4.79 Å². The van der Waals surface area contributed by atoms with Crippen molar-refractivity contribution in [3.05, 3.63) is 0 Å². The Kier molecular flexibility index (Phi) is 5.70. The van der Waals surface area contributed by atoms with E-state index in [1.165, 1.54) is 12.8 Å². The maximum absolute atomic E-state index is 10.5. The van der Waals surface area contributed by atoms with Crippen LogP contribution in [0.15, 0.2) is 0 Å². The number of halogens is 1. The minimum atomic E-state index is -0.198. The molecule has 0 spiro atoms. The van der Waals surface area contributed by atoms with Crippen LogP contribution in [0.3, 0.4) is 0 Å². The van der Waals surface area contributed by atoms with Gasteiger partial charge in [-0.1, -0.05) is 33.1 Å². The van der Waals surface area contributed by atoms with Gasteiger partial charge in [0, 0.05) is 5.92 Å². The summed E-state index contributed by atoms with van der Waals surface area (Å²) in [5.41, 5.74) is 0. The van der Waals surface area contributed by atoms with Gasteiger partial charge in [-0.25, -0.2) is 0 Å². The predicted octanol–water partition coefficient (Wildman–Crippen LogP) is 2.97. The standard InChI is InChI=1S/C8H15ClO/c1-3-4-5-6-7(2)8(9)10/h7H,3-6H2,1-2H3/t7-/m1/s1. The summed E-state index contributed by atoms with van der Waals surface area (Å²) in [4.78, 5) is 10.5. The molecular formula is C8H15ClO. The Morgan fingerprint density at radius 3 is 2.50 bits per heavy atom. The molecule has 0 aliphatic heterocycles. The molecule has 0 N–H and O–H groups in total. The molecule has 0 radical (unpaired) electrons. The van der Waals surface area contributed by atoms with E-state index in [4.69, 9.17) is 11.6 Å². The molecule has 2 heteroatoms. The predicted molar refractivity (Wildman–Crippen MR) is 44.2 cm³/mol. The average Bonchev–Trinajstić information content (AvgIpc) is 1.88. The summed E-state index contributed by atoms with van der Waals surface area (Å²) in [6.07, 6.45) is 4.46. The van der Waals surface area contributed by atoms with Crippen LogP contribution in [0.25, 0.3) is 0 Å². The van der Waals surface area contributed by atoms with Crippen LogP contribution in [0, 0.1) is 5.92 Å². The van der Waals surface area contributed by atoms with Gasteiger partial charge in [0.25, 0.3) is 0 Å². The summed E-state index contributed by atoms with van der Waals surface area (Å²) in [6.45, 7) is 4.03. The van der Waals surface area contributed by atoms with Crippen molar-refractivity contribution >= 4 is 16.8 Å². The Labute approximate surface area is 67.8 Å². The van der Waals surface area contributed by atoms with Crippen LogP contribution in [0.2, 0.25) is 0 Å². The van der Waals surface area contributed by atoms with Gasteiger partial charge in [-0.3, -0.25) is 4.79 Å². The second-order valence-electron chi connectivity index (χ2n) is 2.70.